The molecule has 9 heteroatoms. The van der Waals surface area contributed by atoms with Crippen LogP contribution in [0.5, 0.6) is 0 Å². The van der Waals surface area contributed by atoms with Crippen molar-refractivity contribution in [2.45, 2.75) is 51.0 Å². The number of nitrogens with one attached hydrogen (secondary N) is 2. The summed E-state index contributed by atoms with van der Waals surface area (Å²) in [4.78, 5) is 37.5. The Morgan fingerprint density at radius 3 is 2.74 bits per heavy atom. The van der Waals surface area contributed by atoms with Crippen molar-refractivity contribution < 1.29 is 14.4 Å². The van der Waals surface area contributed by atoms with Crippen molar-refractivity contribution in [3.63, 3.8) is 0 Å². The second kappa shape index (κ2) is 6.23. The van der Waals surface area contributed by atoms with Gasteiger partial charge in [-0.05, 0) is 26.2 Å². The molecule has 0 unspecified atom stereocenters. The highest BCUT2D eigenvalue weighted by Gasteiger charge is 2.51. The maximum atomic E-state index is 12.4. The van der Waals surface area contributed by atoms with Crippen molar-refractivity contribution in [2.24, 2.45) is 0 Å². The number of carbonyl (C=O) groups excluding carboxylic acids is 3. The van der Waals surface area contributed by atoms with Crippen molar-refractivity contribution in [1.82, 2.24) is 20.4 Å². The van der Waals surface area contributed by atoms with Gasteiger partial charge in [-0.3, -0.25) is 14.5 Å². The molecule has 1 spiro atoms. The Balaban J connectivity index is 1.48. The van der Waals surface area contributed by atoms with Gasteiger partial charge in [0.2, 0.25) is 11.0 Å². The third kappa shape index (κ3) is 3.19. The Bertz CT molecular complexity index is 638. The van der Waals surface area contributed by atoms with Gasteiger partial charge in [0.05, 0.1) is 0 Å². The number of aryl methyl sites for hydroxylation is 1. The van der Waals surface area contributed by atoms with E-state index in [0.717, 1.165) is 17.8 Å². The number of aromatic nitrogens is 2. The minimum atomic E-state index is -0.677. The predicted octanol–water partition coefficient (Wildman–Crippen LogP) is 1.43. The summed E-state index contributed by atoms with van der Waals surface area (Å²) in [6.45, 7) is 2.07. The van der Waals surface area contributed by atoms with Crippen molar-refractivity contribution >= 4 is 34.3 Å². The van der Waals surface area contributed by atoms with Crippen molar-refractivity contribution in [1.29, 1.82) is 0 Å². The molecule has 3 rings (SSSR count). The standard InChI is InChI=1S/C14H19N5O3S/c1-9-17-18-12(23-9)15-10(20)5-4-8-19-11(21)14(16-13(19)22)6-2-3-7-14/h2-8H2,1H3,(H,16,22)(H,15,18,20). The number of rotatable bonds is 5. The van der Waals surface area contributed by atoms with Gasteiger partial charge in [-0.2, -0.15) is 0 Å². The summed E-state index contributed by atoms with van der Waals surface area (Å²) < 4.78 is 0. The van der Waals surface area contributed by atoms with Crippen LogP contribution in [0, 0.1) is 6.92 Å². The first-order valence-corrected chi connectivity index (χ1v) is 8.56. The fraction of sp³-hybridized carbons (Fsp3) is 0.643. The van der Waals surface area contributed by atoms with Crippen molar-refractivity contribution in [3.05, 3.63) is 5.01 Å². The molecule has 8 nitrogen and oxygen atoms in total. The molecule has 1 aliphatic carbocycles. The number of nitrogens with zero attached hydrogens (tertiary/aromatic N) is 3. The van der Waals surface area contributed by atoms with Crippen LogP contribution < -0.4 is 10.6 Å². The molecule has 124 valence electrons. The van der Waals surface area contributed by atoms with E-state index in [0.29, 0.717) is 24.4 Å². The minimum Gasteiger partial charge on any atom is -0.323 e. The number of anilines is 1. The SMILES string of the molecule is Cc1nnc(NC(=O)CCCN2C(=O)NC3(CCCC3)C2=O)s1. The molecule has 1 aromatic heterocycles. The van der Waals surface area contributed by atoms with E-state index in [2.05, 4.69) is 20.8 Å². The van der Waals surface area contributed by atoms with Gasteiger partial charge in [-0.15, -0.1) is 10.2 Å². The van der Waals surface area contributed by atoms with Crippen LogP contribution in [-0.2, 0) is 9.59 Å². The number of imide groups is 1. The van der Waals surface area contributed by atoms with Crippen LogP contribution in [0.4, 0.5) is 9.93 Å². The van der Waals surface area contributed by atoms with Crippen molar-refractivity contribution in [2.75, 3.05) is 11.9 Å². The molecule has 0 radical (unpaired) electrons. The lowest BCUT2D eigenvalue weighted by Crippen LogP contribution is -2.44. The number of amides is 4. The summed E-state index contributed by atoms with van der Waals surface area (Å²) >= 11 is 1.31. The van der Waals surface area contributed by atoms with Crippen LogP contribution in [0.3, 0.4) is 0 Å². The zero-order valence-electron chi connectivity index (χ0n) is 12.9. The van der Waals surface area contributed by atoms with Gasteiger partial charge in [0, 0.05) is 13.0 Å². The first-order chi connectivity index (χ1) is 11.0. The lowest BCUT2D eigenvalue weighted by atomic mass is 9.98. The quantitative estimate of drug-likeness (QED) is 0.791. The summed E-state index contributed by atoms with van der Waals surface area (Å²) in [5, 5.41) is 14.4. The first-order valence-electron chi connectivity index (χ1n) is 7.74. The lowest BCUT2D eigenvalue weighted by molar-refractivity contribution is -0.131. The van der Waals surface area contributed by atoms with E-state index in [9.17, 15) is 14.4 Å². The Morgan fingerprint density at radius 1 is 1.35 bits per heavy atom. The monoisotopic (exact) mass is 337 g/mol. The molecule has 0 atom stereocenters. The number of hydrogen-bond acceptors (Lipinski definition) is 6. The molecule has 2 heterocycles. The third-order valence-corrected chi connectivity index (χ3v) is 5.02. The van der Waals surface area contributed by atoms with Crippen LogP contribution >= 0.6 is 11.3 Å². The van der Waals surface area contributed by atoms with Gasteiger partial charge in [-0.1, -0.05) is 24.2 Å². The largest absolute Gasteiger partial charge is 0.325 e. The average molecular weight is 337 g/mol. The van der Waals surface area contributed by atoms with Crippen LogP contribution in [0.1, 0.15) is 43.5 Å². The maximum Gasteiger partial charge on any atom is 0.325 e. The van der Waals surface area contributed by atoms with Crippen LogP contribution in [0.2, 0.25) is 0 Å². The molecule has 2 fully saturated rings. The molecule has 1 saturated heterocycles. The van der Waals surface area contributed by atoms with E-state index in [1.807, 2.05) is 6.92 Å². The van der Waals surface area contributed by atoms with E-state index < -0.39 is 5.54 Å². The molecular weight excluding hydrogens is 318 g/mol. The summed E-state index contributed by atoms with van der Waals surface area (Å²) in [7, 11) is 0. The fourth-order valence-corrected chi connectivity index (χ4v) is 3.73. The minimum absolute atomic E-state index is 0.139. The number of hydrogen-bond donors (Lipinski definition) is 2. The summed E-state index contributed by atoms with van der Waals surface area (Å²) in [6, 6.07) is -0.336. The van der Waals surface area contributed by atoms with E-state index in [4.69, 9.17) is 0 Å². The Kier molecular flexibility index (Phi) is 4.29. The van der Waals surface area contributed by atoms with Gasteiger partial charge in [0.25, 0.3) is 5.91 Å². The summed E-state index contributed by atoms with van der Waals surface area (Å²) in [6.07, 6.45) is 4.00. The molecular formula is C14H19N5O3S. The van der Waals surface area contributed by atoms with Gasteiger partial charge in [0.15, 0.2) is 0 Å². The van der Waals surface area contributed by atoms with E-state index in [-0.39, 0.29) is 30.8 Å². The number of carbonyl (C=O) groups is 3. The van der Waals surface area contributed by atoms with Gasteiger partial charge in [0.1, 0.15) is 10.5 Å². The normalized spacial score (nSPS) is 19.4. The predicted molar refractivity (Wildman–Crippen MR) is 84.0 cm³/mol. The van der Waals surface area contributed by atoms with E-state index >= 15 is 0 Å². The molecule has 1 aliphatic heterocycles. The van der Waals surface area contributed by atoms with Crippen LogP contribution in [-0.4, -0.2) is 45.0 Å². The second-order valence-corrected chi connectivity index (χ2v) is 7.14. The third-order valence-electron chi connectivity index (χ3n) is 4.26. The Hall–Kier alpha value is -2.03. The Labute approximate surface area is 137 Å². The highest BCUT2D eigenvalue weighted by Crippen LogP contribution is 2.35. The summed E-state index contributed by atoms with van der Waals surface area (Å²) in [5.74, 6) is -0.330. The fourth-order valence-electron chi connectivity index (χ4n) is 3.12. The molecule has 4 amide bonds. The average Bonchev–Trinajstić information content (AvgIpc) is 3.17. The first kappa shape index (κ1) is 15.9. The molecule has 0 bridgehead atoms. The highest BCUT2D eigenvalue weighted by atomic mass is 32.1. The van der Waals surface area contributed by atoms with E-state index in [1.54, 1.807) is 0 Å². The maximum absolute atomic E-state index is 12.4. The van der Waals surface area contributed by atoms with Gasteiger partial charge < -0.3 is 10.6 Å². The zero-order chi connectivity index (χ0) is 16.4. The molecule has 0 aromatic carbocycles. The summed E-state index contributed by atoms with van der Waals surface area (Å²) in [5.41, 5.74) is -0.677. The number of urea groups is 1. The molecule has 1 aromatic rings. The van der Waals surface area contributed by atoms with Gasteiger partial charge in [-0.25, -0.2) is 4.79 Å². The van der Waals surface area contributed by atoms with Crippen molar-refractivity contribution in [3.8, 4) is 0 Å². The second-order valence-electron chi connectivity index (χ2n) is 5.95. The smallest absolute Gasteiger partial charge is 0.323 e. The zero-order valence-corrected chi connectivity index (χ0v) is 13.7. The lowest BCUT2D eigenvalue weighted by Gasteiger charge is -2.19. The van der Waals surface area contributed by atoms with Crippen LogP contribution in [0.25, 0.3) is 0 Å². The van der Waals surface area contributed by atoms with Gasteiger partial charge >= 0.3 is 6.03 Å². The molecule has 2 N–H and O–H groups in total. The van der Waals surface area contributed by atoms with E-state index in [1.165, 1.54) is 16.2 Å². The highest BCUT2D eigenvalue weighted by molar-refractivity contribution is 7.15. The molecule has 1 saturated carbocycles. The topological polar surface area (TPSA) is 104 Å². The van der Waals surface area contributed by atoms with Crippen LogP contribution in [0.15, 0.2) is 0 Å². The molecule has 23 heavy (non-hydrogen) atoms. The Morgan fingerprint density at radius 2 is 2.09 bits per heavy atom. The molecule has 2 aliphatic rings.